The summed E-state index contributed by atoms with van der Waals surface area (Å²) in [6.07, 6.45) is 3.80. The van der Waals surface area contributed by atoms with Gasteiger partial charge < -0.3 is 10.1 Å². The highest BCUT2D eigenvalue weighted by Gasteiger charge is 2.14. The van der Waals surface area contributed by atoms with Gasteiger partial charge >= 0.3 is 0 Å². The number of piperidine rings is 1. The Bertz CT molecular complexity index is 491. The van der Waals surface area contributed by atoms with Gasteiger partial charge in [-0.1, -0.05) is 18.6 Å². The molecule has 3 rings (SSSR count). The molecule has 2 heterocycles. The zero-order valence-corrected chi connectivity index (χ0v) is 10.5. The number of benzene rings is 1. The van der Waals surface area contributed by atoms with Crippen molar-refractivity contribution < 1.29 is 4.74 Å². The van der Waals surface area contributed by atoms with Crippen molar-refractivity contribution in [2.75, 3.05) is 13.2 Å². The van der Waals surface area contributed by atoms with E-state index in [4.69, 9.17) is 4.74 Å². The topological polar surface area (TPSA) is 34.1 Å². The minimum absolute atomic E-state index is 0.490. The van der Waals surface area contributed by atoms with E-state index in [0.717, 1.165) is 24.4 Å². The maximum Gasteiger partial charge on any atom is 0.233 e. The fraction of sp³-hybridized carbons (Fsp3) is 0.462. The largest absolute Gasteiger partial charge is 0.475 e. The Hall–Kier alpha value is -1.13. The molecule has 90 valence electrons. The maximum atomic E-state index is 5.84. The quantitative estimate of drug-likeness (QED) is 0.907. The summed E-state index contributed by atoms with van der Waals surface area (Å²) in [4.78, 5) is 0. The average Bonchev–Trinajstić information content (AvgIpc) is 2.81. The van der Waals surface area contributed by atoms with Gasteiger partial charge in [-0.05, 0) is 43.1 Å². The van der Waals surface area contributed by atoms with Crippen molar-refractivity contribution in [3.05, 3.63) is 24.3 Å². The first kappa shape index (κ1) is 11.0. The molecule has 17 heavy (non-hydrogen) atoms. The normalized spacial score (nSPS) is 20.6. The lowest BCUT2D eigenvalue weighted by molar-refractivity contribution is 0.236. The van der Waals surface area contributed by atoms with Crippen LogP contribution in [-0.2, 0) is 0 Å². The Morgan fingerprint density at radius 1 is 1.35 bits per heavy atom. The Balaban J connectivity index is 1.68. The summed E-state index contributed by atoms with van der Waals surface area (Å²) in [6, 6.07) is 8.71. The summed E-state index contributed by atoms with van der Waals surface area (Å²) in [6.45, 7) is 1.85. The predicted octanol–water partition coefficient (Wildman–Crippen LogP) is 2.82. The van der Waals surface area contributed by atoms with Gasteiger partial charge in [0.05, 0.1) is 10.1 Å². The van der Waals surface area contributed by atoms with E-state index in [1.165, 1.54) is 35.5 Å². The van der Waals surface area contributed by atoms with Gasteiger partial charge in [-0.3, -0.25) is 0 Å². The minimum Gasteiger partial charge on any atom is -0.475 e. The van der Waals surface area contributed by atoms with Gasteiger partial charge in [-0.2, -0.15) is 4.37 Å². The molecular formula is C13H16N2OS. The second-order valence-electron chi connectivity index (χ2n) is 4.44. The summed E-state index contributed by atoms with van der Waals surface area (Å²) in [5, 5.41) is 4.61. The predicted molar refractivity (Wildman–Crippen MR) is 70.8 cm³/mol. The molecular weight excluding hydrogens is 232 g/mol. The van der Waals surface area contributed by atoms with Crippen LogP contribution in [0.25, 0.3) is 10.1 Å². The molecule has 3 nitrogen and oxygen atoms in total. The average molecular weight is 248 g/mol. The van der Waals surface area contributed by atoms with E-state index in [2.05, 4.69) is 21.8 Å². The molecule has 1 atom stereocenters. The molecule has 4 heteroatoms. The first-order valence-electron chi connectivity index (χ1n) is 6.14. The van der Waals surface area contributed by atoms with Crippen molar-refractivity contribution in [3.8, 4) is 5.88 Å². The van der Waals surface area contributed by atoms with E-state index >= 15 is 0 Å². The van der Waals surface area contributed by atoms with E-state index in [1.54, 1.807) is 0 Å². The third kappa shape index (κ3) is 2.42. The number of hydrogen-bond acceptors (Lipinski definition) is 4. The van der Waals surface area contributed by atoms with Gasteiger partial charge in [0.1, 0.15) is 6.61 Å². The molecule has 1 aromatic heterocycles. The van der Waals surface area contributed by atoms with Crippen molar-refractivity contribution in [2.24, 2.45) is 0 Å². The van der Waals surface area contributed by atoms with Crippen molar-refractivity contribution in [1.82, 2.24) is 9.69 Å². The van der Waals surface area contributed by atoms with Crippen LogP contribution in [0, 0.1) is 0 Å². The number of ether oxygens (including phenoxy) is 1. The molecule has 0 saturated carbocycles. The summed E-state index contributed by atoms with van der Waals surface area (Å²) in [5.41, 5.74) is 0. The third-order valence-electron chi connectivity index (χ3n) is 3.18. The number of hydrogen-bond donors (Lipinski definition) is 1. The van der Waals surface area contributed by atoms with Crippen molar-refractivity contribution in [2.45, 2.75) is 25.3 Å². The van der Waals surface area contributed by atoms with Crippen LogP contribution in [0.4, 0.5) is 0 Å². The first-order valence-corrected chi connectivity index (χ1v) is 6.91. The lowest BCUT2D eigenvalue weighted by atomic mass is 10.1. The van der Waals surface area contributed by atoms with Crippen LogP contribution in [0.1, 0.15) is 19.3 Å². The van der Waals surface area contributed by atoms with Gasteiger partial charge in [-0.25, -0.2) is 0 Å². The molecule has 0 radical (unpaired) electrons. The minimum atomic E-state index is 0.490. The van der Waals surface area contributed by atoms with Crippen LogP contribution in [0.15, 0.2) is 24.3 Å². The van der Waals surface area contributed by atoms with Crippen molar-refractivity contribution in [3.63, 3.8) is 0 Å². The molecule has 1 aliphatic heterocycles. The Morgan fingerprint density at radius 2 is 2.29 bits per heavy atom. The number of aromatic nitrogens is 1. The first-order chi connectivity index (χ1) is 8.43. The standard InChI is InChI=1S/C13H16N2OS/c1-2-7-12-11(6-1)13(15-17-12)16-9-10-5-3-4-8-14-10/h1-2,6-7,10,14H,3-5,8-9H2/t10-/m0/s1. The fourth-order valence-corrected chi connectivity index (χ4v) is 2.94. The Kier molecular flexibility index (Phi) is 3.25. The van der Waals surface area contributed by atoms with Crippen LogP contribution in [0.2, 0.25) is 0 Å². The molecule has 0 amide bonds. The van der Waals surface area contributed by atoms with Crippen LogP contribution in [0.3, 0.4) is 0 Å². The molecule has 1 saturated heterocycles. The second-order valence-corrected chi connectivity index (χ2v) is 5.25. The maximum absolute atomic E-state index is 5.84. The van der Waals surface area contributed by atoms with Crippen LogP contribution < -0.4 is 10.1 Å². The Morgan fingerprint density at radius 3 is 3.18 bits per heavy atom. The highest BCUT2D eigenvalue weighted by Crippen LogP contribution is 2.28. The van der Waals surface area contributed by atoms with Gasteiger partial charge in [0.15, 0.2) is 0 Å². The molecule has 2 aromatic rings. The highest BCUT2D eigenvalue weighted by molar-refractivity contribution is 7.13. The van der Waals surface area contributed by atoms with Gasteiger partial charge in [0.2, 0.25) is 5.88 Å². The molecule has 1 aliphatic rings. The number of fused-ring (bicyclic) bond motifs is 1. The summed E-state index contributed by atoms with van der Waals surface area (Å²) in [5.74, 6) is 0.790. The molecule has 0 unspecified atom stereocenters. The van der Waals surface area contributed by atoms with Crippen LogP contribution in [0.5, 0.6) is 5.88 Å². The number of rotatable bonds is 3. The molecule has 1 N–H and O–H groups in total. The van der Waals surface area contributed by atoms with Crippen molar-refractivity contribution in [1.29, 1.82) is 0 Å². The molecule has 1 fully saturated rings. The lowest BCUT2D eigenvalue weighted by Crippen LogP contribution is -2.38. The van der Waals surface area contributed by atoms with E-state index in [-0.39, 0.29) is 0 Å². The van der Waals surface area contributed by atoms with Crippen molar-refractivity contribution >= 4 is 21.6 Å². The van der Waals surface area contributed by atoms with E-state index in [0.29, 0.717) is 6.04 Å². The monoisotopic (exact) mass is 248 g/mol. The zero-order chi connectivity index (χ0) is 11.5. The summed E-state index contributed by atoms with van der Waals surface area (Å²) >= 11 is 1.51. The van der Waals surface area contributed by atoms with E-state index in [1.807, 2.05) is 12.1 Å². The smallest absolute Gasteiger partial charge is 0.233 e. The number of nitrogens with one attached hydrogen (secondary N) is 1. The molecule has 0 bridgehead atoms. The second kappa shape index (κ2) is 5.02. The molecule has 0 spiro atoms. The number of nitrogens with zero attached hydrogens (tertiary/aromatic N) is 1. The fourth-order valence-electron chi connectivity index (χ4n) is 2.21. The summed E-state index contributed by atoms with van der Waals surface area (Å²) in [7, 11) is 0. The van der Waals surface area contributed by atoms with Gasteiger partial charge in [0, 0.05) is 6.04 Å². The van der Waals surface area contributed by atoms with E-state index < -0.39 is 0 Å². The molecule has 1 aromatic carbocycles. The Labute approximate surface area is 105 Å². The highest BCUT2D eigenvalue weighted by atomic mass is 32.1. The third-order valence-corrected chi connectivity index (χ3v) is 3.99. The summed E-state index contributed by atoms with van der Waals surface area (Å²) < 4.78 is 11.4. The SMILES string of the molecule is c1ccc2c(OC[C@@H]3CCCCN3)nsc2c1. The van der Waals surface area contributed by atoms with Crippen LogP contribution in [-0.4, -0.2) is 23.6 Å². The van der Waals surface area contributed by atoms with E-state index in [9.17, 15) is 0 Å². The van der Waals surface area contributed by atoms with Crippen LogP contribution >= 0.6 is 11.5 Å². The zero-order valence-electron chi connectivity index (χ0n) is 9.69. The lowest BCUT2D eigenvalue weighted by Gasteiger charge is -2.22. The van der Waals surface area contributed by atoms with Gasteiger partial charge in [0.25, 0.3) is 0 Å². The van der Waals surface area contributed by atoms with Gasteiger partial charge in [-0.15, -0.1) is 0 Å². The molecule has 0 aliphatic carbocycles.